The molecule has 0 atom stereocenters. The summed E-state index contributed by atoms with van der Waals surface area (Å²) in [5.74, 6) is 0.954. The van der Waals surface area contributed by atoms with Gasteiger partial charge in [-0.25, -0.2) is 4.98 Å². The van der Waals surface area contributed by atoms with Crippen molar-refractivity contribution < 1.29 is 4.79 Å². The molecular formula is C20H27N5O. The van der Waals surface area contributed by atoms with Crippen LogP contribution in [0, 0.1) is 6.92 Å². The summed E-state index contributed by atoms with van der Waals surface area (Å²) < 4.78 is 0. The predicted molar refractivity (Wildman–Crippen MR) is 105 cm³/mol. The lowest BCUT2D eigenvalue weighted by Gasteiger charge is -2.25. The van der Waals surface area contributed by atoms with Gasteiger partial charge in [0.1, 0.15) is 5.82 Å². The van der Waals surface area contributed by atoms with Crippen LogP contribution in [0.25, 0.3) is 0 Å². The lowest BCUT2D eigenvalue weighted by molar-refractivity contribution is 0.0802. The van der Waals surface area contributed by atoms with E-state index in [4.69, 9.17) is 0 Å². The monoisotopic (exact) mass is 353 g/mol. The van der Waals surface area contributed by atoms with Crippen molar-refractivity contribution in [3.63, 3.8) is 0 Å². The van der Waals surface area contributed by atoms with Gasteiger partial charge in [0.15, 0.2) is 0 Å². The summed E-state index contributed by atoms with van der Waals surface area (Å²) in [7, 11) is 1.81. The van der Waals surface area contributed by atoms with Gasteiger partial charge < -0.3 is 14.7 Å². The maximum atomic E-state index is 12.2. The molecule has 1 fully saturated rings. The molecule has 2 aromatic rings. The van der Waals surface area contributed by atoms with Crippen LogP contribution in [-0.2, 0) is 0 Å². The summed E-state index contributed by atoms with van der Waals surface area (Å²) >= 11 is 0. The minimum absolute atomic E-state index is 0.0155. The van der Waals surface area contributed by atoms with E-state index in [9.17, 15) is 4.79 Å². The standard InChI is InChI=1S/C20H27N5O/c1-4-23(3)20(26)17-6-7-19(22-15-17)25-11-5-10-24(12-13-25)18-8-9-21-14-16(18)2/h6-9,14-15H,4-5,10-13H2,1-3H3. The number of carbonyl (C=O) groups excluding carboxylic acids is 1. The number of anilines is 2. The Morgan fingerprint density at radius 3 is 2.58 bits per heavy atom. The molecule has 1 aliphatic heterocycles. The molecule has 0 aliphatic carbocycles. The number of rotatable bonds is 4. The Morgan fingerprint density at radius 2 is 1.88 bits per heavy atom. The van der Waals surface area contributed by atoms with E-state index in [0.717, 1.165) is 38.4 Å². The molecular weight excluding hydrogens is 326 g/mol. The van der Waals surface area contributed by atoms with Crippen LogP contribution >= 0.6 is 0 Å². The highest BCUT2D eigenvalue weighted by molar-refractivity contribution is 5.93. The van der Waals surface area contributed by atoms with Gasteiger partial charge in [-0.15, -0.1) is 0 Å². The molecule has 0 spiro atoms. The zero-order valence-electron chi connectivity index (χ0n) is 15.9. The Hall–Kier alpha value is -2.63. The van der Waals surface area contributed by atoms with Crippen molar-refractivity contribution >= 4 is 17.4 Å². The van der Waals surface area contributed by atoms with E-state index in [2.05, 4.69) is 32.8 Å². The minimum atomic E-state index is 0.0155. The first kappa shape index (κ1) is 18.2. The normalized spacial score (nSPS) is 14.9. The molecule has 1 aliphatic rings. The first-order valence-electron chi connectivity index (χ1n) is 9.22. The van der Waals surface area contributed by atoms with Crippen LogP contribution in [0.2, 0.25) is 0 Å². The number of pyridine rings is 2. The fourth-order valence-corrected chi connectivity index (χ4v) is 3.27. The molecule has 1 amide bonds. The van der Waals surface area contributed by atoms with E-state index in [0.29, 0.717) is 12.1 Å². The molecule has 6 nitrogen and oxygen atoms in total. The molecule has 0 bridgehead atoms. The largest absolute Gasteiger partial charge is 0.369 e. The van der Waals surface area contributed by atoms with Crippen molar-refractivity contribution in [3.8, 4) is 0 Å². The number of hydrogen-bond acceptors (Lipinski definition) is 5. The van der Waals surface area contributed by atoms with Crippen molar-refractivity contribution in [1.29, 1.82) is 0 Å². The second-order valence-corrected chi connectivity index (χ2v) is 6.71. The van der Waals surface area contributed by atoms with Crippen molar-refractivity contribution in [3.05, 3.63) is 47.9 Å². The molecule has 2 aromatic heterocycles. The fourth-order valence-electron chi connectivity index (χ4n) is 3.27. The van der Waals surface area contributed by atoms with E-state index >= 15 is 0 Å². The molecule has 0 radical (unpaired) electrons. The number of carbonyl (C=O) groups is 1. The van der Waals surface area contributed by atoms with Gasteiger partial charge in [-0.1, -0.05) is 0 Å². The molecule has 3 heterocycles. The number of hydrogen-bond donors (Lipinski definition) is 0. The van der Waals surface area contributed by atoms with E-state index in [-0.39, 0.29) is 5.91 Å². The van der Waals surface area contributed by atoms with Gasteiger partial charge in [0.25, 0.3) is 5.91 Å². The lowest BCUT2D eigenvalue weighted by Crippen LogP contribution is -2.31. The topological polar surface area (TPSA) is 52.6 Å². The summed E-state index contributed by atoms with van der Waals surface area (Å²) in [4.78, 5) is 27.4. The molecule has 0 saturated carbocycles. The highest BCUT2D eigenvalue weighted by Gasteiger charge is 2.18. The quantitative estimate of drug-likeness (QED) is 0.846. The van der Waals surface area contributed by atoms with Crippen LogP contribution in [0.15, 0.2) is 36.8 Å². The third-order valence-electron chi connectivity index (χ3n) is 4.97. The van der Waals surface area contributed by atoms with Crippen molar-refractivity contribution in [2.45, 2.75) is 20.3 Å². The highest BCUT2D eigenvalue weighted by Crippen LogP contribution is 2.21. The summed E-state index contributed by atoms with van der Waals surface area (Å²) in [6, 6.07) is 5.93. The Morgan fingerprint density at radius 1 is 1.12 bits per heavy atom. The van der Waals surface area contributed by atoms with Crippen LogP contribution in [0.4, 0.5) is 11.5 Å². The van der Waals surface area contributed by atoms with E-state index < -0.39 is 0 Å². The van der Waals surface area contributed by atoms with Gasteiger partial charge in [0, 0.05) is 64.0 Å². The Bertz CT molecular complexity index is 746. The van der Waals surface area contributed by atoms with E-state index in [1.54, 1.807) is 18.1 Å². The third-order valence-corrected chi connectivity index (χ3v) is 4.97. The fraction of sp³-hybridized carbons (Fsp3) is 0.450. The first-order chi connectivity index (χ1) is 12.6. The van der Waals surface area contributed by atoms with Gasteiger partial charge >= 0.3 is 0 Å². The first-order valence-corrected chi connectivity index (χ1v) is 9.22. The van der Waals surface area contributed by atoms with Gasteiger partial charge in [-0.2, -0.15) is 0 Å². The Kier molecular flexibility index (Phi) is 5.71. The van der Waals surface area contributed by atoms with Gasteiger partial charge in [0.2, 0.25) is 0 Å². The van der Waals surface area contributed by atoms with Crippen LogP contribution in [0.1, 0.15) is 29.3 Å². The molecule has 6 heteroatoms. The van der Waals surface area contributed by atoms with Crippen LogP contribution in [-0.4, -0.2) is 60.5 Å². The van der Waals surface area contributed by atoms with Crippen LogP contribution < -0.4 is 9.80 Å². The predicted octanol–water partition coefficient (Wildman–Crippen LogP) is 2.59. The summed E-state index contributed by atoms with van der Waals surface area (Å²) in [5.41, 5.74) is 3.11. The Balaban J connectivity index is 1.68. The zero-order chi connectivity index (χ0) is 18.5. The summed E-state index contributed by atoms with van der Waals surface area (Å²) in [6.07, 6.45) is 6.54. The van der Waals surface area contributed by atoms with E-state index in [1.807, 2.05) is 31.5 Å². The number of aryl methyl sites for hydroxylation is 1. The molecule has 1 saturated heterocycles. The lowest BCUT2D eigenvalue weighted by atomic mass is 10.2. The van der Waals surface area contributed by atoms with Crippen LogP contribution in [0.5, 0.6) is 0 Å². The number of amides is 1. The minimum Gasteiger partial charge on any atom is -0.369 e. The Labute approximate surface area is 155 Å². The average molecular weight is 353 g/mol. The smallest absolute Gasteiger partial charge is 0.255 e. The summed E-state index contributed by atoms with van der Waals surface area (Å²) in [5, 5.41) is 0. The molecule has 138 valence electrons. The molecule has 3 rings (SSSR count). The van der Waals surface area contributed by atoms with Gasteiger partial charge in [-0.05, 0) is 44.0 Å². The molecule has 26 heavy (non-hydrogen) atoms. The van der Waals surface area contributed by atoms with E-state index in [1.165, 1.54) is 11.3 Å². The average Bonchev–Trinajstić information content (AvgIpc) is 2.93. The van der Waals surface area contributed by atoms with Crippen LogP contribution in [0.3, 0.4) is 0 Å². The van der Waals surface area contributed by atoms with Gasteiger partial charge in [0.05, 0.1) is 5.56 Å². The SMILES string of the molecule is CCN(C)C(=O)c1ccc(N2CCCN(c3ccncc3C)CC2)nc1. The molecule has 0 N–H and O–H groups in total. The van der Waals surface area contributed by atoms with Gasteiger partial charge in [-0.3, -0.25) is 9.78 Å². The third kappa shape index (κ3) is 3.95. The summed E-state index contributed by atoms with van der Waals surface area (Å²) in [6.45, 7) is 8.62. The number of nitrogens with zero attached hydrogens (tertiary/aromatic N) is 5. The second kappa shape index (κ2) is 8.17. The molecule has 0 aromatic carbocycles. The molecule has 0 unspecified atom stereocenters. The van der Waals surface area contributed by atoms with Crippen molar-refractivity contribution in [1.82, 2.24) is 14.9 Å². The number of aromatic nitrogens is 2. The maximum Gasteiger partial charge on any atom is 0.255 e. The zero-order valence-corrected chi connectivity index (χ0v) is 15.9. The second-order valence-electron chi connectivity index (χ2n) is 6.71. The van der Waals surface area contributed by atoms with Crippen molar-refractivity contribution in [2.75, 3.05) is 49.6 Å². The maximum absolute atomic E-state index is 12.2. The highest BCUT2D eigenvalue weighted by atomic mass is 16.2. The van der Waals surface area contributed by atoms with Crippen molar-refractivity contribution in [2.24, 2.45) is 0 Å².